The van der Waals surface area contributed by atoms with Crippen LogP contribution in [0, 0.1) is 6.92 Å². The van der Waals surface area contributed by atoms with Crippen LogP contribution in [-0.2, 0) is 4.79 Å². The number of fused-ring (bicyclic) bond motifs is 1. The number of amides is 1. The SMILES string of the molecule is Cc1ccc2nc(-c3cc(NC(=O)C(F)(F)F)ccc3Cl)oc2c1. The molecule has 8 heteroatoms. The Morgan fingerprint density at radius 1 is 1.21 bits per heavy atom. The van der Waals surface area contributed by atoms with Gasteiger partial charge in [0.1, 0.15) is 5.52 Å². The Morgan fingerprint density at radius 3 is 2.67 bits per heavy atom. The van der Waals surface area contributed by atoms with E-state index in [9.17, 15) is 18.0 Å². The molecular weight excluding hydrogens is 345 g/mol. The third kappa shape index (κ3) is 3.21. The fraction of sp³-hybridized carbons (Fsp3) is 0.125. The average molecular weight is 355 g/mol. The van der Waals surface area contributed by atoms with Crippen LogP contribution in [-0.4, -0.2) is 17.1 Å². The predicted octanol–water partition coefficient (Wildman–Crippen LogP) is 4.96. The van der Waals surface area contributed by atoms with E-state index in [0.717, 1.165) is 5.56 Å². The molecule has 3 rings (SSSR count). The lowest BCUT2D eigenvalue weighted by atomic mass is 10.2. The monoisotopic (exact) mass is 354 g/mol. The van der Waals surface area contributed by atoms with Crippen molar-refractivity contribution >= 4 is 34.3 Å². The van der Waals surface area contributed by atoms with Gasteiger partial charge in [0, 0.05) is 5.69 Å². The van der Waals surface area contributed by atoms with Crippen molar-refractivity contribution in [3.05, 3.63) is 47.0 Å². The van der Waals surface area contributed by atoms with Crippen molar-refractivity contribution in [3.63, 3.8) is 0 Å². The lowest BCUT2D eigenvalue weighted by molar-refractivity contribution is -0.167. The lowest BCUT2D eigenvalue weighted by Gasteiger charge is -2.09. The van der Waals surface area contributed by atoms with Crippen LogP contribution in [0.25, 0.3) is 22.6 Å². The van der Waals surface area contributed by atoms with Crippen LogP contribution in [0.3, 0.4) is 0 Å². The first-order valence-corrected chi connectivity index (χ1v) is 7.17. The molecular formula is C16H10ClF3N2O2. The first kappa shape index (κ1) is 16.3. The zero-order valence-electron chi connectivity index (χ0n) is 12.2. The molecule has 124 valence electrons. The molecule has 24 heavy (non-hydrogen) atoms. The summed E-state index contributed by atoms with van der Waals surface area (Å²) in [6.07, 6.45) is -4.98. The van der Waals surface area contributed by atoms with Gasteiger partial charge in [-0.15, -0.1) is 0 Å². The second kappa shape index (κ2) is 5.83. The van der Waals surface area contributed by atoms with E-state index in [4.69, 9.17) is 16.0 Å². The van der Waals surface area contributed by atoms with Crippen molar-refractivity contribution in [1.29, 1.82) is 0 Å². The zero-order valence-corrected chi connectivity index (χ0v) is 13.0. The zero-order chi connectivity index (χ0) is 17.5. The second-order valence-electron chi connectivity index (χ2n) is 5.14. The maximum Gasteiger partial charge on any atom is 0.471 e. The van der Waals surface area contributed by atoms with Crippen molar-refractivity contribution in [2.45, 2.75) is 13.1 Å². The number of carbonyl (C=O) groups excluding carboxylic acids is 1. The highest BCUT2D eigenvalue weighted by Gasteiger charge is 2.38. The highest BCUT2D eigenvalue weighted by atomic mass is 35.5. The molecule has 1 amide bonds. The summed E-state index contributed by atoms with van der Waals surface area (Å²) >= 11 is 6.08. The summed E-state index contributed by atoms with van der Waals surface area (Å²) in [7, 11) is 0. The van der Waals surface area contributed by atoms with Gasteiger partial charge in [0.2, 0.25) is 5.89 Å². The van der Waals surface area contributed by atoms with Crippen LogP contribution >= 0.6 is 11.6 Å². The number of benzene rings is 2. The van der Waals surface area contributed by atoms with Gasteiger partial charge >= 0.3 is 12.1 Å². The first-order valence-electron chi connectivity index (χ1n) is 6.79. The quantitative estimate of drug-likeness (QED) is 0.707. The van der Waals surface area contributed by atoms with E-state index in [-0.39, 0.29) is 22.2 Å². The lowest BCUT2D eigenvalue weighted by Crippen LogP contribution is -2.29. The molecule has 4 nitrogen and oxygen atoms in total. The van der Waals surface area contributed by atoms with Crippen LogP contribution in [0.15, 0.2) is 40.8 Å². The summed E-state index contributed by atoms with van der Waals surface area (Å²) < 4.78 is 42.7. The first-order chi connectivity index (χ1) is 11.2. The normalized spacial score (nSPS) is 11.7. The number of nitrogens with one attached hydrogen (secondary N) is 1. The second-order valence-corrected chi connectivity index (χ2v) is 5.54. The smallest absolute Gasteiger partial charge is 0.436 e. The molecule has 0 spiro atoms. The van der Waals surface area contributed by atoms with Gasteiger partial charge in [-0.05, 0) is 42.8 Å². The van der Waals surface area contributed by atoms with E-state index in [0.29, 0.717) is 11.1 Å². The molecule has 0 radical (unpaired) electrons. The fourth-order valence-electron chi connectivity index (χ4n) is 2.12. The highest BCUT2D eigenvalue weighted by molar-refractivity contribution is 6.33. The number of aromatic nitrogens is 1. The van der Waals surface area contributed by atoms with Gasteiger partial charge in [0.15, 0.2) is 5.58 Å². The maximum atomic E-state index is 12.3. The number of nitrogens with zero attached hydrogens (tertiary/aromatic N) is 1. The van der Waals surface area contributed by atoms with E-state index in [1.807, 2.05) is 13.0 Å². The van der Waals surface area contributed by atoms with E-state index in [1.165, 1.54) is 18.2 Å². The number of anilines is 1. The molecule has 0 aliphatic carbocycles. The van der Waals surface area contributed by atoms with Crippen LogP contribution in [0.5, 0.6) is 0 Å². The number of carbonyl (C=O) groups is 1. The van der Waals surface area contributed by atoms with Gasteiger partial charge in [-0.3, -0.25) is 4.79 Å². The number of aryl methyl sites for hydroxylation is 1. The molecule has 3 aromatic rings. The Bertz CT molecular complexity index is 935. The van der Waals surface area contributed by atoms with Gasteiger partial charge < -0.3 is 9.73 Å². The molecule has 0 saturated heterocycles. The van der Waals surface area contributed by atoms with Crippen molar-refractivity contribution in [2.24, 2.45) is 0 Å². The molecule has 0 aliphatic rings. The number of hydrogen-bond acceptors (Lipinski definition) is 3. The summed E-state index contributed by atoms with van der Waals surface area (Å²) in [4.78, 5) is 15.3. The van der Waals surface area contributed by atoms with Gasteiger partial charge in [0.05, 0.1) is 10.6 Å². The van der Waals surface area contributed by atoms with E-state index >= 15 is 0 Å². The molecule has 0 unspecified atom stereocenters. The minimum atomic E-state index is -4.98. The van der Waals surface area contributed by atoms with Crippen molar-refractivity contribution in [3.8, 4) is 11.5 Å². The summed E-state index contributed by atoms with van der Waals surface area (Å²) in [6.45, 7) is 1.89. The minimum absolute atomic E-state index is 0.0600. The Labute approximate surface area is 139 Å². The Morgan fingerprint density at radius 2 is 1.96 bits per heavy atom. The molecule has 0 fully saturated rings. The standard InChI is InChI=1S/C16H10ClF3N2O2/c1-8-2-5-12-13(6-8)24-14(22-12)10-7-9(3-4-11(10)17)21-15(23)16(18,19)20/h2-7H,1H3,(H,21,23). The van der Waals surface area contributed by atoms with Gasteiger partial charge in [0.25, 0.3) is 0 Å². The predicted molar refractivity (Wildman–Crippen MR) is 83.9 cm³/mol. The Hall–Kier alpha value is -2.54. The van der Waals surface area contributed by atoms with Crippen molar-refractivity contribution < 1.29 is 22.4 Å². The van der Waals surface area contributed by atoms with E-state index in [2.05, 4.69) is 4.98 Å². The number of halogens is 4. The van der Waals surface area contributed by atoms with E-state index < -0.39 is 12.1 Å². The van der Waals surface area contributed by atoms with Gasteiger partial charge in [-0.25, -0.2) is 4.98 Å². The largest absolute Gasteiger partial charge is 0.471 e. The molecule has 0 atom stereocenters. The summed E-state index contributed by atoms with van der Waals surface area (Å²) in [5.74, 6) is -1.91. The van der Waals surface area contributed by atoms with Crippen molar-refractivity contribution in [2.75, 3.05) is 5.32 Å². The fourth-order valence-corrected chi connectivity index (χ4v) is 2.31. The summed E-state index contributed by atoms with van der Waals surface area (Å²) in [6, 6.07) is 9.32. The number of rotatable bonds is 2. The Kier molecular flexibility index (Phi) is 3.96. The number of oxazole rings is 1. The molecule has 1 aromatic heterocycles. The summed E-state index contributed by atoms with van der Waals surface area (Å²) in [5, 5.41) is 2.01. The van der Waals surface area contributed by atoms with E-state index in [1.54, 1.807) is 17.4 Å². The van der Waals surface area contributed by atoms with Gasteiger partial charge in [-0.1, -0.05) is 17.7 Å². The molecule has 1 N–H and O–H groups in total. The Balaban J connectivity index is 2.00. The minimum Gasteiger partial charge on any atom is -0.436 e. The molecule has 0 saturated carbocycles. The van der Waals surface area contributed by atoms with Crippen LogP contribution in [0.4, 0.5) is 18.9 Å². The molecule has 0 bridgehead atoms. The third-order valence-electron chi connectivity index (χ3n) is 3.26. The molecule has 1 heterocycles. The molecule has 2 aromatic carbocycles. The maximum absolute atomic E-state index is 12.3. The van der Waals surface area contributed by atoms with Crippen LogP contribution in [0.1, 0.15) is 5.56 Å². The van der Waals surface area contributed by atoms with Crippen LogP contribution < -0.4 is 5.32 Å². The average Bonchev–Trinajstić information content (AvgIpc) is 2.90. The third-order valence-corrected chi connectivity index (χ3v) is 3.59. The van der Waals surface area contributed by atoms with Crippen molar-refractivity contribution in [1.82, 2.24) is 4.98 Å². The number of hydrogen-bond donors (Lipinski definition) is 1. The van der Waals surface area contributed by atoms with Crippen LogP contribution in [0.2, 0.25) is 5.02 Å². The highest BCUT2D eigenvalue weighted by Crippen LogP contribution is 2.33. The molecule has 0 aliphatic heterocycles. The number of alkyl halides is 3. The van der Waals surface area contributed by atoms with Gasteiger partial charge in [-0.2, -0.15) is 13.2 Å². The summed E-state index contributed by atoms with van der Waals surface area (Å²) in [5.41, 5.74) is 2.32. The topological polar surface area (TPSA) is 55.1 Å².